The summed E-state index contributed by atoms with van der Waals surface area (Å²) in [7, 11) is -3.46. The molecule has 2 aliphatic rings. The van der Waals surface area contributed by atoms with Gasteiger partial charge in [-0.1, -0.05) is 18.9 Å². The van der Waals surface area contributed by atoms with Gasteiger partial charge in [0.05, 0.1) is 5.92 Å². The molecule has 152 valence electrons. The Morgan fingerprint density at radius 3 is 2.63 bits per heavy atom. The first-order chi connectivity index (χ1) is 13.1. The molecule has 1 amide bonds. The van der Waals surface area contributed by atoms with Crippen LogP contribution >= 0.6 is 11.3 Å². The van der Waals surface area contributed by atoms with Crippen molar-refractivity contribution in [1.82, 2.24) is 14.5 Å². The third kappa shape index (κ3) is 5.76. The highest BCUT2D eigenvalue weighted by Gasteiger charge is 2.33. The minimum Gasteiger partial charge on any atom is -0.356 e. The Balaban J connectivity index is 1.43. The fourth-order valence-electron chi connectivity index (χ4n) is 3.93. The van der Waals surface area contributed by atoms with Crippen LogP contribution in [0.4, 0.5) is 0 Å². The number of nitrogens with zero attached hydrogens (tertiary/aromatic N) is 2. The lowest BCUT2D eigenvalue weighted by Crippen LogP contribution is -2.45. The number of carbonyl (C=O) groups is 1. The van der Waals surface area contributed by atoms with E-state index in [1.54, 1.807) is 17.5 Å². The predicted octanol–water partition coefficient (Wildman–Crippen LogP) is 2.53. The first-order valence-electron chi connectivity index (χ1n) is 10.1. The molecular weight excluding hydrogens is 382 g/mol. The summed E-state index contributed by atoms with van der Waals surface area (Å²) in [5, 5.41) is 4.80. The average Bonchev–Trinajstić information content (AvgIpc) is 3.11. The molecule has 0 bridgehead atoms. The van der Waals surface area contributed by atoms with Crippen molar-refractivity contribution in [1.29, 1.82) is 0 Å². The van der Waals surface area contributed by atoms with Gasteiger partial charge in [0.2, 0.25) is 5.91 Å². The molecule has 1 N–H and O–H groups in total. The summed E-state index contributed by atoms with van der Waals surface area (Å²) in [6.45, 7) is 4.84. The highest BCUT2D eigenvalue weighted by molar-refractivity contribution is 7.91. The maximum Gasteiger partial charge on any atom is 0.252 e. The van der Waals surface area contributed by atoms with E-state index in [0.29, 0.717) is 17.3 Å². The molecule has 0 unspecified atom stereocenters. The summed E-state index contributed by atoms with van der Waals surface area (Å²) in [5.74, 6) is -0.247. The lowest BCUT2D eigenvalue weighted by molar-refractivity contribution is -0.126. The highest BCUT2D eigenvalue weighted by atomic mass is 32.2. The van der Waals surface area contributed by atoms with E-state index in [1.807, 2.05) is 0 Å². The minimum atomic E-state index is -3.46. The molecule has 0 aliphatic carbocycles. The summed E-state index contributed by atoms with van der Waals surface area (Å²) >= 11 is 1.23. The van der Waals surface area contributed by atoms with E-state index in [0.717, 1.165) is 25.8 Å². The molecule has 0 aromatic carbocycles. The van der Waals surface area contributed by atoms with Crippen molar-refractivity contribution in [2.24, 2.45) is 5.92 Å². The van der Waals surface area contributed by atoms with Crippen molar-refractivity contribution in [3.63, 3.8) is 0 Å². The van der Waals surface area contributed by atoms with Crippen LogP contribution in [0, 0.1) is 5.92 Å². The van der Waals surface area contributed by atoms with Crippen LogP contribution in [0.3, 0.4) is 0 Å². The van der Waals surface area contributed by atoms with Crippen molar-refractivity contribution < 1.29 is 13.2 Å². The Kier molecular flexibility index (Phi) is 7.69. The number of nitrogens with one attached hydrogen (secondary N) is 1. The minimum absolute atomic E-state index is 0.00283. The van der Waals surface area contributed by atoms with Gasteiger partial charge in [0.1, 0.15) is 4.21 Å². The van der Waals surface area contributed by atoms with Crippen LogP contribution in [0.5, 0.6) is 0 Å². The van der Waals surface area contributed by atoms with E-state index < -0.39 is 10.0 Å². The zero-order valence-corrected chi connectivity index (χ0v) is 17.6. The molecule has 1 atom stereocenters. The molecule has 1 aromatic rings. The molecule has 0 radical (unpaired) electrons. The van der Waals surface area contributed by atoms with Gasteiger partial charge in [-0.25, -0.2) is 8.42 Å². The monoisotopic (exact) mass is 413 g/mol. The van der Waals surface area contributed by atoms with Gasteiger partial charge in [-0.15, -0.1) is 11.3 Å². The van der Waals surface area contributed by atoms with E-state index in [2.05, 4.69) is 10.2 Å². The molecule has 0 spiro atoms. The Morgan fingerprint density at radius 2 is 1.93 bits per heavy atom. The van der Waals surface area contributed by atoms with Gasteiger partial charge in [0, 0.05) is 19.6 Å². The largest absolute Gasteiger partial charge is 0.356 e. The molecule has 27 heavy (non-hydrogen) atoms. The summed E-state index contributed by atoms with van der Waals surface area (Å²) in [6.07, 6.45) is 7.67. The maximum atomic E-state index is 12.7. The van der Waals surface area contributed by atoms with Gasteiger partial charge in [-0.05, 0) is 63.2 Å². The molecule has 2 aliphatic heterocycles. The van der Waals surface area contributed by atoms with Crippen molar-refractivity contribution >= 4 is 27.3 Å². The Bertz CT molecular complexity index is 683. The van der Waals surface area contributed by atoms with Crippen LogP contribution in [0.15, 0.2) is 21.7 Å². The third-order valence-electron chi connectivity index (χ3n) is 5.49. The molecule has 2 saturated heterocycles. The Hall–Kier alpha value is -0.960. The second-order valence-corrected chi connectivity index (χ2v) is 10.6. The summed E-state index contributed by atoms with van der Waals surface area (Å²) in [6, 6.07) is 3.38. The second-order valence-electron chi connectivity index (χ2n) is 7.53. The Morgan fingerprint density at radius 1 is 1.15 bits per heavy atom. The molecule has 1 aromatic heterocycles. The van der Waals surface area contributed by atoms with Crippen LogP contribution in [-0.4, -0.2) is 62.8 Å². The van der Waals surface area contributed by atoms with Crippen LogP contribution < -0.4 is 5.32 Å². The van der Waals surface area contributed by atoms with Gasteiger partial charge in [0.25, 0.3) is 10.0 Å². The lowest BCUT2D eigenvalue weighted by atomic mass is 9.99. The van der Waals surface area contributed by atoms with E-state index >= 15 is 0 Å². The van der Waals surface area contributed by atoms with Crippen LogP contribution in [0.1, 0.15) is 44.9 Å². The normalized spacial score (nSPS) is 23.0. The van der Waals surface area contributed by atoms with Crippen LogP contribution in [0.2, 0.25) is 0 Å². The van der Waals surface area contributed by atoms with Crippen LogP contribution in [-0.2, 0) is 14.8 Å². The number of amides is 1. The Labute approximate surface area is 167 Å². The quantitative estimate of drug-likeness (QED) is 0.698. The standard InChI is InChI=1S/C19H31N3O3S2/c23-19(20-10-7-13-21-11-3-1-2-4-12-21)17-8-5-14-22(16-17)27(24,25)18-9-6-15-26-18/h6,9,15,17H,1-5,7-8,10-14,16H2,(H,20,23)/t17-/m1/s1. The van der Waals surface area contributed by atoms with E-state index in [1.165, 1.54) is 54.4 Å². The lowest BCUT2D eigenvalue weighted by Gasteiger charge is -2.30. The van der Waals surface area contributed by atoms with E-state index in [4.69, 9.17) is 0 Å². The average molecular weight is 414 g/mol. The maximum absolute atomic E-state index is 12.7. The van der Waals surface area contributed by atoms with Crippen molar-refractivity contribution in [2.75, 3.05) is 39.3 Å². The second kappa shape index (κ2) is 10.0. The topological polar surface area (TPSA) is 69.7 Å². The number of carbonyl (C=O) groups excluding carboxylic acids is 1. The fraction of sp³-hybridized carbons (Fsp3) is 0.737. The smallest absolute Gasteiger partial charge is 0.252 e. The van der Waals surface area contributed by atoms with Crippen LogP contribution in [0.25, 0.3) is 0 Å². The molecule has 8 heteroatoms. The van der Waals surface area contributed by atoms with Gasteiger partial charge < -0.3 is 10.2 Å². The first-order valence-corrected chi connectivity index (χ1v) is 12.4. The zero-order chi connectivity index (χ0) is 19.1. The number of sulfonamides is 1. The zero-order valence-electron chi connectivity index (χ0n) is 15.9. The van der Waals surface area contributed by atoms with Gasteiger partial charge in [-0.2, -0.15) is 4.31 Å². The fourth-order valence-corrected chi connectivity index (χ4v) is 6.60. The molecule has 3 rings (SSSR count). The summed E-state index contributed by atoms with van der Waals surface area (Å²) in [4.78, 5) is 15.0. The number of hydrogen-bond donors (Lipinski definition) is 1. The number of thiophene rings is 1. The number of rotatable bonds is 7. The van der Waals surface area contributed by atoms with Gasteiger partial charge in [0.15, 0.2) is 0 Å². The number of likely N-dealkylation sites (tertiary alicyclic amines) is 1. The molecule has 3 heterocycles. The summed E-state index contributed by atoms with van der Waals surface area (Å²) < 4.78 is 27.2. The molecule has 6 nitrogen and oxygen atoms in total. The molecule has 0 saturated carbocycles. The molecular formula is C19H31N3O3S2. The van der Waals surface area contributed by atoms with Crippen molar-refractivity contribution in [3.05, 3.63) is 17.5 Å². The van der Waals surface area contributed by atoms with Crippen molar-refractivity contribution in [3.8, 4) is 0 Å². The number of piperidine rings is 1. The number of hydrogen-bond acceptors (Lipinski definition) is 5. The summed E-state index contributed by atoms with van der Waals surface area (Å²) in [5.41, 5.74) is 0. The van der Waals surface area contributed by atoms with Gasteiger partial charge in [-0.3, -0.25) is 4.79 Å². The SMILES string of the molecule is O=C(NCCCN1CCCCCC1)[C@@H]1CCCN(S(=O)(=O)c2cccs2)C1. The first kappa shape index (κ1) is 20.8. The highest BCUT2D eigenvalue weighted by Crippen LogP contribution is 2.26. The molecule has 2 fully saturated rings. The van der Waals surface area contributed by atoms with Gasteiger partial charge >= 0.3 is 0 Å². The van der Waals surface area contributed by atoms with E-state index in [9.17, 15) is 13.2 Å². The van der Waals surface area contributed by atoms with Crippen molar-refractivity contribution in [2.45, 2.75) is 49.2 Å². The third-order valence-corrected chi connectivity index (χ3v) is 8.73. The van der Waals surface area contributed by atoms with E-state index in [-0.39, 0.29) is 18.4 Å². The predicted molar refractivity (Wildman–Crippen MR) is 108 cm³/mol.